The van der Waals surface area contributed by atoms with Gasteiger partial charge in [-0.3, -0.25) is 14.2 Å². The number of aromatic hydroxyl groups is 1. The molecule has 2 N–H and O–H groups in total. The maximum absolute atomic E-state index is 12.0. The van der Waals surface area contributed by atoms with Crippen molar-refractivity contribution in [3.63, 3.8) is 0 Å². The van der Waals surface area contributed by atoms with Crippen LogP contribution < -0.4 is 14.8 Å². The molecule has 1 heterocycles. The fourth-order valence-corrected chi connectivity index (χ4v) is 2.50. The molecule has 0 saturated carbocycles. The van der Waals surface area contributed by atoms with E-state index in [0.717, 1.165) is 15.9 Å². The van der Waals surface area contributed by atoms with Gasteiger partial charge < -0.3 is 10.2 Å². The molecule has 19 heavy (non-hydrogen) atoms. The first-order valence-corrected chi connectivity index (χ1v) is 6.21. The number of hydrogen-bond donors (Lipinski definition) is 2. The second kappa shape index (κ2) is 5.11. The number of hydrogen-bond acceptors (Lipinski definition) is 4. The Labute approximate surface area is 112 Å². The number of carboxylic acid groups (broad SMARTS) is 1. The Balaban J connectivity index is 2.60. The number of nitrogens with zero attached hydrogens (tertiary/aromatic N) is 1. The van der Waals surface area contributed by atoms with Gasteiger partial charge in [0.25, 0.3) is 5.56 Å². The zero-order valence-corrected chi connectivity index (χ0v) is 10.7. The van der Waals surface area contributed by atoms with Crippen LogP contribution in [0.25, 0.3) is 12.7 Å². The highest BCUT2D eigenvalue weighted by molar-refractivity contribution is 7.07. The quantitative estimate of drug-likeness (QED) is 0.823. The number of benzene rings is 1. The topological polar surface area (TPSA) is 79.5 Å². The summed E-state index contributed by atoms with van der Waals surface area (Å²) in [5.74, 6) is -1.04. The van der Waals surface area contributed by atoms with E-state index in [2.05, 4.69) is 6.58 Å². The molecular weight excluding hydrogens is 266 g/mol. The van der Waals surface area contributed by atoms with Crippen molar-refractivity contribution in [3.8, 4) is 5.75 Å². The van der Waals surface area contributed by atoms with Crippen molar-refractivity contribution in [2.24, 2.45) is 0 Å². The van der Waals surface area contributed by atoms with E-state index in [-0.39, 0.29) is 5.75 Å². The number of carbonyl (C=O) groups is 1. The van der Waals surface area contributed by atoms with Crippen molar-refractivity contribution >= 4 is 30.0 Å². The minimum absolute atomic E-state index is 0.0608. The summed E-state index contributed by atoms with van der Waals surface area (Å²) in [6, 6.07) is 6.59. The van der Waals surface area contributed by atoms with Gasteiger partial charge in [-0.05, 0) is 12.1 Å². The predicted molar refractivity (Wildman–Crippen MR) is 72.7 cm³/mol. The minimum Gasteiger partial charge on any atom is -0.507 e. The highest BCUT2D eigenvalue weighted by atomic mass is 32.1. The Hall–Kier alpha value is -2.34. The van der Waals surface area contributed by atoms with Crippen LogP contribution >= 0.6 is 11.3 Å². The zero-order chi connectivity index (χ0) is 14.0. The van der Waals surface area contributed by atoms with Crippen molar-refractivity contribution in [3.05, 3.63) is 49.4 Å². The lowest BCUT2D eigenvalue weighted by Gasteiger charge is -1.95. The van der Waals surface area contributed by atoms with Crippen LogP contribution in [0.1, 0.15) is 5.56 Å². The first-order valence-electron chi connectivity index (χ1n) is 5.39. The van der Waals surface area contributed by atoms with Crippen LogP contribution in [-0.4, -0.2) is 20.7 Å². The van der Waals surface area contributed by atoms with E-state index >= 15 is 0 Å². The average molecular weight is 277 g/mol. The van der Waals surface area contributed by atoms with E-state index in [0.29, 0.717) is 14.8 Å². The Kier molecular flexibility index (Phi) is 3.52. The minimum atomic E-state index is -1.10. The van der Waals surface area contributed by atoms with Gasteiger partial charge in [-0.1, -0.05) is 24.8 Å². The summed E-state index contributed by atoms with van der Waals surface area (Å²) in [5.41, 5.74) is 0.0870. The van der Waals surface area contributed by atoms with Gasteiger partial charge in [0.1, 0.15) is 12.3 Å². The first-order chi connectivity index (χ1) is 8.99. The van der Waals surface area contributed by atoms with Crippen LogP contribution in [0.2, 0.25) is 0 Å². The number of para-hydroxylation sites is 1. The molecule has 0 spiro atoms. The van der Waals surface area contributed by atoms with Gasteiger partial charge in [0.05, 0.1) is 9.20 Å². The fraction of sp³-hybridized carbons (Fsp3) is 0.0769. The number of carboxylic acids is 1. The second-order valence-corrected chi connectivity index (χ2v) is 4.96. The van der Waals surface area contributed by atoms with Gasteiger partial charge in [-0.25, -0.2) is 0 Å². The Morgan fingerprint density at radius 1 is 1.42 bits per heavy atom. The zero-order valence-electron chi connectivity index (χ0n) is 9.87. The number of phenols is 1. The molecule has 1 aromatic heterocycles. The molecule has 0 fully saturated rings. The largest absolute Gasteiger partial charge is 0.507 e. The molecule has 2 rings (SSSR count). The lowest BCUT2D eigenvalue weighted by atomic mass is 10.2. The summed E-state index contributed by atoms with van der Waals surface area (Å²) in [4.78, 5) is 22.7. The van der Waals surface area contributed by atoms with E-state index < -0.39 is 18.1 Å². The highest BCUT2D eigenvalue weighted by Gasteiger charge is 2.07. The third kappa shape index (κ3) is 2.74. The molecule has 0 aliphatic rings. The van der Waals surface area contributed by atoms with Crippen molar-refractivity contribution in [1.82, 2.24) is 4.57 Å². The number of thiazole rings is 1. The average Bonchev–Trinajstić information content (AvgIpc) is 2.60. The van der Waals surface area contributed by atoms with Crippen LogP contribution in [0.4, 0.5) is 0 Å². The molecular formula is C13H11NO4S. The van der Waals surface area contributed by atoms with Crippen LogP contribution in [0.15, 0.2) is 29.1 Å². The third-order valence-corrected chi connectivity index (χ3v) is 3.47. The van der Waals surface area contributed by atoms with Gasteiger partial charge in [0, 0.05) is 5.56 Å². The van der Waals surface area contributed by atoms with Crippen molar-refractivity contribution in [1.29, 1.82) is 0 Å². The highest BCUT2D eigenvalue weighted by Crippen LogP contribution is 2.15. The molecule has 0 unspecified atom stereocenters. The van der Waals surface area contributed by atoms with E-state index in [1.807, 2.05) is 0 Å². The van der Waals surface area contributed by atoms with E-state index in [1.54, 1.807) is 18.2 Å². The van der Waals surface area contributed by atoms with Gasteiger partial charge in [0.2, 0.25) is 0 Å². The summed E-state index contributed by atoms with van der Waals surface area (Å²) in [6.45, 7) is 3.24. The summed E-state index contributed by atoms with van der Waals surface area (Å²) in [6.07, 6.45) is 1.52. The Morgan fingerprint density at radius 2 is 2.11 bits per heavy atom. The van der Waals surface area contributed by atoms with E-state index in [9.17, 15) is 14.7 Å². The first kappa shape index (κ1) is 13.1. The Bertz CT molecular complexity index is 788. The van der Waals surface area contributed by atoms with Crippen molar-refractivity contribution in [2.75, 3.05) is 0 Å². The van der Waals surface area contributed by atoms with Crippen LogP contribution in [0.3, 0.4) is 0 Å². The molecule has 0 aliphatic carbocycles. The predicted octanol–water partition coefficient (Wildman–Crippen LogP) is -0.0609. The Morgan fingerprint density at radius 3 is 2.74 bits per heavy atom. The lowest BCUT2D eigenvalue weighted by molar-refractivity contribution is -0.137. The number of rotatable bonds is 3. The summed E-state index contributed by atoms with van der Waals surface area (Å²) < 4.78 is 1.81. The van der Waals surface area contributed by atoms with Gasteiger partial charge in [-0.15, -0.1) is 11.3 Å². The molecule has 0 saturated heterocycles. The van der Waals surface area contributed by atoms with Crippen molar-refractivity contribution < 1.29 is 15.0 Å². The van der Waals surface area contributed by atoms with E-state index in [4.69, 9.17) is 5.11 Å². The molecule has 0 atom stereocenters. The molecule has 2 aromatic rings. The normalized spacial score (nSPS) is 11.7. The molecule has 0 bridgehead atoms. The van der Waals surface area contributed by atoms with E-state index in [1.165, 1.54) is 12.1 Å². The molecule has 0 radical (unpaired) electrons. The third-order valence-electron chi connectivity index (χ3n) is 2.50. The number of aromatic nitrogens is 1. The summed E-state index contributed by atoms with van der Waals surface area (Å²) in [5, 5.41) is 18.4. The summed E-state index contributed by atoms with van der Waals surface area (Å²) >= 11 is 1.10. The molecule has 5 nitrogen and oxygen atoms in total. The van der Waals surface area contributed by atoms with Crippen LogP contribution in [-0.2, 0) is 11.3 Å². The van der Waals surface area contributed by atoms with Crippen LogP contribution in [0, 0.1) is 0 Å². The van der Waals surface area contributed by atoms with Gasteiger partial charge in [0.15, 0.2) is 0 Å². The molecule has 0 aliphatic heterocycles. The monoisotopic (exact) mass is 277 g/mol. The van der Waals surface area contributed by atoms with Gasteiger partial charge >= 0.3 is 5.97 Å². The van der Waals surface area contributed by atoms with Gasteiger partial charge in [-0.2, -0.15) is 0 Å². The number of phenolic OH excluding ortho intramolecular Hbond substituents is 1. The summed E-state index contributed by atoms with van der Waals surface area (Å²) in [7, 11) is 0. The SMILES string of the molecule is C=c1s/c(=C/c2ccccc2O)c(=O)n1CC(=O)O. The maximum atomic E-state index is 12.0. The lowest BCUT2D eigenvalue weighted by Crippen LogP contribution is -2.33. The van der Waals surface area contributed by atoms with Crippen molar-refractivity contribution in [2.45, 2.75) is 6.54 Å². The smallest absolute Gasteiger partial charge is 0.323 e. The molecule has 6 heteroatoms. The van der Waals surface area contributed by atoms with Crippen LogP contribution in [0.5, 0.6) is 5.75 Å². The maximum Gasteiger partial charge on any atom is 0.323 e. The molecule has 0 amide bonds. The molecule has 98 valence electrons. The standard InChI is InChI=1S/C13H11NO4S/c1-8-14(7-12(16)17)13(18)11(19-8)6-9-4-2-3-5-10(9)15/h2-6,15H,1,7H2,(H,16,17)/b11-6+. The second-order valence-electron chi connectivity index (χ2n) is 3.85. The molecule has 1 aromatic carbocycles. The fourth-order valence-electron chi connectivity index (χ4n) is 1.61. The number of aliphatic carboxylic acids is 1.